The summed E-state index contributed by atoms with van der Waals surface area (Å²) in [4.78, 5) is 14.5. The van der Waals surface area contributed by atoms with Crippen LogP contribution in [0.1, 0.15) is 57.4 Å². The Labute approximate surface area is 231 Å². The van der Waals surface area contributed by atoms with Gasteiger partial charge in [0.25, 0.3) is 5.76 Å². The van der Waals surface area contributed by atoms with E-state index in [0.717, 1.165) is 78.7 Å². The normalized spacial score (nSPS) is 16.2. The number of benzene rings is 3. The first kappa shape index (κ1) is 27.5. The van der Waals surface area contributed by atoms with Gasteiger partial charge in [0.1, 0.15) is 0 Å². The number of allylic oxidation sites excluding steroid dienone is 1. The number of halogens is 3. The Hall–Kier alpha value is -3.03. The van der Waals surface area contributed by atoms with Gasteiger partial charge in [-0.1, -0.05) is 54.2 Å². The molecular formula is C32H32F3NO2S. The number of carbonyl (C=O) groups is 1. The fraction of sp³-hybridized carbons (Fsp3) is 0.344. The van der Waals surface area contributed by atoms with Crippen LogP contribution < -0.4 is 0 Å². The van der Waals surface area contributed by atoms with Crippen molar-refractivity contribution in [3.63, 3.8) is 0 Å². The summed E-state index contributed by atoms with van der Waals surface area (Å²) < 4.78 is 38.2. The third-order valence-corrected chi connectivity index (χ3v) is 8.35. The van der Waals surface area contributed by atoms with Gasteiger partial charge in [-0.05, 0) is 101 Å². The van der Waals surface area contributed by atoms with Crippen LogP contribution in [0.5, 0.6) is 0 Å². The van der Waals surface area contributed by atoms with Gasteiger partial charge in [0.05, 0.1) is 12.2 Å². The van der Waals surface area contributed by atoms with Gasteiger partial charge in [-0.25, -0.2) is 4.79 Å². The van der Waals surface area contributed by atoms with Crippen molar-refractivity contribution >= 4 is 28.9 Å². The number of nitrogens with zero attached hydrogens (tertiary/aromatic N) is 1. The molecule has 1 heterocycles. The van der Waals surface area contributed by atoms with Crippen LogP contribution in [0.2, 0.25) is 0 Å². The minimum Gasteiger partial charge on any atom is -0.478 e. The number of rotatable bonds is 10. The zero-order valence-electron chi connectivity index (χ0n) is 21.7. The molecule has 1 N–H and O–H groups in total. The predicted octanol–water partition coefficient (Wildman–Crippen LogP) is 7.83. The lowest BCUT2D eigenvalue weighted by Crippen LogP contribution is -2.47. The highest BCUT2D eigenvalue weighted by atomic mass is 32.2. The monoisotopic (exact) mass is 551 g/mol. The smallest absolute Gasteiger partial charge is 0.335 e. The summed E-state index contributed by atoms with van der Waals surface area (Å²) in [7, 11) is 0. The minimum absolute atomic E-state index is 0.264. The molecule has 2 aliphatic rings. The highest BCUT2D eigenvalue weighted by Gasteiger charge is 2.26. The molecular weight excluding hydrogens is 519 g/mol. The molecule has 204 valence electrons. The van der Waals surface area contributed by atoms with E-state index >= 15 is 0 Å². The number of aryl methyl sites for hydroxylation is 1. The molecule has 5 rings (SSSR count). The summed E-state index contributed by atoms with van der Waals surface area (Å²) in [5, 5.41) is 9.56. The van der Waals surface area contributed by atoms with Crippen LogP contribution in [0.15, 0.2) is 71.6 Å². The maximum atomic E-state index is 12.9. The van der Waals surface area contributed by atoms with E-state index in [4.69, 9.17) is 0 Å². The maximum absolute atomic E-state index is 12.9. The molecule has 39 heavy (non-hydrogen) atoms. The van der Waals surface area contributed by atoms with Gasteiger partial charge < -0.3 is 10.0 Å². The third kappa shape index (κ3) is 6.59. The highest BCUT2D eigenvalue weighted by molar-refractivity contribution is 7.99. The number of carboxylic acid groups (broad SMARTS) is 1. The van der Waals surface area contributed by atoms with Gasteiger partial charge in [0.15, 0.2) is 0 Å². The zero-order valence-corrected chi connectivity index (χ0v) is 22.5. The van der Waals surface area contributed by atoms with Crippen molar-refractivity contribution in [1.29, 1.82) is 0 Å². The molecule has 0 radical (unpaired) electrons. The number of carboxylic acids is 1. The Morgan fingerprint density at radius 1 is 0.974 bits per heavy atom. The van der Waals surface area contributed by atoms with E-state index in [2.05, 4.69) is 29.2 Å². The van der Waals surface area contributed by atoms with Crippen LogP contribution in [0, 0.1) is 5.92 Å². The standard InChI is InChI=1S/C32H32F3NO2S/c33-15-2-16-36-19-22(20-36)17-21-5-7-24(8-6-21)30-28(23-9-12-27(13-10-23)39-32(34)35)4-1-3-25-18-26(31(37)38)11-14-29(25)30/h5-14,18,22,32H,1-4,15-17,19-20H2,(H,37,38). The second kappa shape index (κ2) is 12.4. The first-order valence-electron chi connectivity index (χ1n) is 13.4. The van der Waals surface area contributed by atoms with E-state index in [1.807, 2.05) is 18.2 Å². The van der Waals surface area contributed by atoms with Gasteiger partial charge in [-0.15, -0.1) is 0 Å². The molecule has 0 atom stereocenters. The minimum atomic E-state index is -2.46. The Bertz CT molecular complexity index is 1330. The van der Waals surface area contributed by atoms with Crippen LogP contribution in [-0.2, 0) is 12.8 Å². The number of thioether (sulfide) groups is 1. The Morgan fingerprint density at radius 2 is 1.69 bits per heavy atom. The lowest BCUT2D eigenvalue weighted by molar-refractivity contribution is 0.0696. The second-order valence-corrected chi connectivity index (χ2v) is 11.4. The van der Waals surface area contributed by atoms with Gasteiger partial charge in [-0.3, -0.25) is 4.39 Å². The summed E-state index contributed by atoms with van der Waals surface area (Å²) in [6.07, 6.45) is 4.01. The lowest BCUT2D eigenvalue weighted by Gasteiger charge is -2.39. The fourth-order valence-electron chi connectivity index (χ4n) is 5.79. The van der Waals surface area contributed by atoms with Crippen molar-refractivity contribution in [1.82, 2.24) is 4.90 Å². The quantitative estimate of drug-likeness (QED) is 0.261. The zero-order chi connectivity index (χ0) is 27.4. The molecule has 3 aromatic carbocycles. The SMILES string of the molecule is O=C(O)c1ccc2c(c1)CCCC(c1ccc(SC(F)F)cc1)=C2c1ccc(CC2CN(CCCF)C2)cc1. The molecule has 0 saturated carbocycles. The van der Waals surface area contributed by atoms with E-state index < -0.39 is 11.7 Å². The van der Waals surface area contributed by atoms with Crippen LogP contribution in [0.3, 0.4) is 0 Å². The molecule has 3 aromatic rings. The Kier molecular flexibility index (Phi) is 8.78. The molecule has 3 nitrogen and oxygen atoms in total. The predicted molar refractivity (Wildman–Crippen MR) is 151 cm³/mol. The Morgan fingerprint density at radius 3 is 2.36 bits per heavy atom. The topological polar surface area (TPSA) is 40.5 Å². The summed E-state index contributed by atoms with van der Waals surface area (Å²) in [6, 6.07) is 21.3. The summed E-state index contributed by atoms with van der Waals surface area (Å²) in [6.45, 7) is 2.58. The van der Waals surface area contributed by atoms with Crippen molar-refractivity contribution in [2.24, 2.45) is 5.92 Å². The molecule has 0 spiro atoms. The summed E-state index contributed by atoms with van der Waals surface area (Å²) >= 11 is 0.540. The van der Waals surface area contributed by atoms with Crippen LogP contribution in [0.25, 0.3) is 11.1 Å². The molecule has 7 heteroatoms. The van der Waals surface area contributed by atoms with Gasteiger partial charge in [-0.2, -0.15) is 8.78 Å². The molecule has 1 saturated heterocycles. The number of alkyl halides is 3. The maximum Gasteiger partial charge on any atom is 0.335 e. The summed E-state index contributed by atoms with van der Waals surface area (Å²) in [5.41, 5.74) is 7.84. The molecule has 1 aliphatic heterocycles. The van der Waals surface area contributed by atoms with Crippen molar-refractivity contribution in [2.75, 3.05) is 26.3 Å². The van der Waals surface area contributed by atoms with E-state index in [1.54, 1.807) is 24.3 Å². The average molecular weight is 552 g/mol. The van der Waals surface area contributed by atoms with Crippen molar-refractivity contribution in [3.05, 3.63) is 100 Å². The lowest BCUT2D eigenvalue weighted by atomic mass is 9.86. The molecule has 0 amide bonds. The molecule has 1 fully saturated rings. The number of fused-ring (bicyclic) bond motifs is 1. The number of aromatic carboxylic acids is 1. The van der Waals surface area contributed by atoms with Crippen LogP contribution in [-0.4, -0.2) is 48.0 Å². The summed E-state index contributed by atoms with van der Waals surface area (Å²) in [5.74, 6) is -2.82. The van der Waals surface area contributed by atoms with E-state index in [9.17, 15) is 23.1 Å². The van der Waals surface area contributed by atoms with E-state index in [0.29, 0.717) is 29.0 Å². The van der Waals surface area contributed by atoms with E-state index in [-0.39, 0.29) is 12.2 Å². The number of hydrogen-bond donors (Lipinski definition) is 1. The first-order valence-corrected chi connectivity index (χ1v) is 14.3. The molecule has 1 aliphatic carbocycles. The van der Waals surface area contributed by atoms with E-state index in [1.165, 1.54) is 5.56 Å². The highest BCUT2D eigenvalue weighted by Crippen LogP contribution is 2.41. The third-order valence-electron chi connectivity index (χ3n) is 7.63. The fourth-order valence-corrected chi connectivity index (χ4v) is 6.29. The number of hydrogen-bond acceptors (Lipinski definition) is 3. The second-order valence-electron chi connectivity index (χ2n) is 10.4. The van der Waals surface area contributed by atoms with Crippen molar-refractivity contribution in [2.45, 2.75) is 42.8 Å². The molecule has 0 aromatic heterocycles. The largest absolute Gasteiger partial charge is 0.478 e. The molecule has 0 bridgehead atoms. The van der Waals surface area contributed by atoms with Gasteiger partial charge in [0, 0.05) is 24.5 Å². The van der Waals surface area contributed by atoms with Crippen LogP contribution in [0.4, 0.5) is 13.2 Å². The van der Waals surface area contributed by atoms with Crippen molar-refractivity contribution < 1.29 is 23.1 Å². The number of likely N-dealkylation sites (tertiary alicyclic amines) is 1. The van der Waals surface area contributed by atoms with Gasteiger partial charge >= 0.3 is 5.97 Å². The van der Waals surface area contributed by atoms with Gasteiger partial charge in [0.2, 0.25) is 0 Å². The molecule has 0 unspecified atom stereocenters. The average Bonchev–Trinajstić information content (AvgIpc) is 3.09. The van der Waals surface area contributed by atoms with Crippen LogP contribution >= 0.6 is 11.8 Å². The Balaban J connectivity index is 1.47. The van der Waals surface area contributed by atoms with Crippen molar-refractivity contribution in [3.8, 4) is 0 Å². The first-order chi connectivity index (χ1) is 18.9.